The second kappa shape index (κ2) is 5.52. The minimum absolute atomic E-state index is 0.120. The van der Waals surface area contributed by atoms with Gasteiger partial charge in [0.25, 0.3) is 0 Å². The maximum Gasteiger partial charge on any atom is 0.212 e. The van der Waals surface area contributed by atoms with Crippen LogP contribution >= 0.6 is 0 Å². The van der Waals surface area contributed by atoms with Crippen molar-refractivity contribution in [3.8, 4) is 5.88 Å². The highest BCUT2D eigenvalue weighted by atomic mass is 19.1. The third kappa shape index (κ3) is 2.90. The fraction of sp³-hybridized carbons (Fsp3) is 0.615. The molecule has 1 fully saturated rings. The van der Waals surface area contributed by atoms with Crippen molar-refractivity contribution in [1.82, 2.24) is 4.98 Å². The standard InChI is InChI=1S/C13H19FN2O2/c1-2-13(5-7-18-8-6-13)9-15-12-10(14)3-4-11(17)16-12/h3-4H,2,5-9H2,1H3,(H2,15,16,17). The smallest absolute Gasteiger partial charge is 0.212 e. The van der Waals surface area contributed by atoms with Crippen molar-refractivity contribution in [3.63, 3.8) is 0 Å². The summed E-state index contributed by atoms with van der Waals surface area (Å²) in [6.45, 7) is 4.30. The van der Waals surface area contributed by atoms with Crippen molar-refractivity contribution in [2.24, 2.45) is 5.41 Å². The lowest BCUT2D eigenvalue weighted by Gasteiger charge is -2.36. The molecular weight excluding hydrogens is 235 g/mol. The first-order chi connectivity index (χ1) is 8.65. The van der Waals surface area contributed by atoms with E-state index in [1.54, 1.807) is 0 Å². The predicted molar refractivity (Wildman–Crippen MR) is 67.1 cm³/mol. The summed E-state index contributed by atoms with van der Waals surface area (Å²) in [5, 5.41) is 12.3. The summed E-state index contributed by atoms with van der Waals surface area (Å²) in [6, 6.07) is 2.46. The van der Waals surface area contributed by atoms with E-state index in [0.29, 0.717) is 6.54 Å². The first-order valence-electron chi connectivity index (χ1n) is 6.32. The molecule has 2 heterocycles. The second-order valence-corrected chi connectivity index (χ2v) is 4.82. The summed E-state index contributed by atoms with van der Waals surface area (Å²) in [5.74, 6) is -0.489. The minimum Gasteiger partial charge on any atom is -0.493 e. The van der Waals surface area contributed by atoms with Gasteiger partial charge in [-0.05, 0) is 30.7 Å². The Kier molecular flexibility index (Phi) is 4.01. The highest BCUT2D eigenvalue weighted by molar-refractivity contribution is 5.38. The molecule has 0 bridgehead atoms. The number of rotatable bonds is 4. The zero-order valence-corrected chi connectivity index (χ0v) is 10.6. The number of nitrogens with zero attached hydrogens (tertiary/aromatic N) is 1. The van der Waals surface area contributed by atoms with Gasteiger partial charge >= 0.3 is 0 Å². The number of aromatic nitrogens is 1. The Labute approximate surface area is 106 Å². The summed E-state index contributed by atoms with van der Waals surface area (Å²) in [5.41, 5.74) is 0.137. The van der Waals surface area contributed by atoms with Gasteiger partial charge in [-0.15, -0.1) is 0 Å². The van der Waals surface area contributed by atoms with Crippen molar-refractivity contribution in [3.05, 3.63) is 17.9 Å². The average molecular weight is 254 g/mol. The van der Waals surface area contributed by atoms with Crippen LogP contribution in [0.2, 0.25) is 0 Å². The number of ether oxygens (including phenoxy) is 1. The van der Waals surface area contributed by atoms with E-state index in [4.69, 9.17) is 4.74 Å². The molecule has 0 aliphatic carbocycles. The van der Waals surface area contributed by atoms with Gasteiger partial charge in [0.1, 0.15) is 0 Å². The Morgan fingerprint density at radius 3 is 2.83 bits per heavy atom. The molecule has 5 heteroatoms. The lowest BCUT2D eigenvalue weighted by atomic mass is 9.78. The van der Waals surface area contributed by atoms with Gasteiger partial charge in [0.15, 0.2) is 11.6 Å². The van der Waals surface area contributed by atoms with Crippen molar-refractivity contribution in [2.75, 3.05) is 25.1 Å². The molecule has 0 aromatic carbocycles. The van der Waals surface area contributed by atoms with Crippen LogP contribution in [0.3, 0.4) is 0 Å². The molecule has 0 amide bonds. The maximum atomic E-state index is 13.5. The molecule has 100 valence electrons. The highest BCUT2D eigenvalue weighted by Gasteiger charge is 2.30. The van der Waals surface area contributed by atoms with E-state index >= 15 is 0 Å². The quantitative estimate of drug-likeness (QED) is 0.867. The fourth-order valence-corrected chi connectivity index (χ4v) is 2.29. The van der Waals surface area contributed by atoms with Crippen LogP contribution in [0.4, 0.5) is 10.2 Å². The number of hydrogen-bond acceptors (Lipinski definition) is 4. The van der Waals surface area contributed by atoms with E-state index in [1.165, 1.54) is 12.1 Å². The topological polar surface area (TPSA) is 54.4 Å². The van der Waals surface area contributed by atoms with Crippen LogP contribution in [-0.2, 0) is 4.74 Å². The number of pyridine rings is 1. The minimum atomic E-state index is -0.439. The van der Waals surface area contributed by atoms with Crippen LogP contribution in [0, 0.1) is 11.2 Å². The summed E-state index contributed by atoms with van der Waals surface area (Å²) in [7, 11) is 0. The number of hydrogen-bond donors (Lipinski definition) is 2. The van der Waals surface area contributed by atoms with E-state index < -0.39 is 5.82 Å². The molecule has 1 aromatic rings. The van der Waals surface area contributed by atoms with Crippen molar-refractivity contribution < 1.29 is 14.2 Å². The largest absolute Gasteiger partial charge is 0.493 e. The normalized spacial score (nSPS) is 18.6. The molecule has 0 spiro atoms. The molecule has 18 heavy (non-hydrogen) atoms. The third-order valence-electron chi connectivity index (χ3n) is 3.77. The Balaban J connectivity index is 2.03. The monoisotopic (exact) mass is 254 g/mol. The average Bonchev–Trinajstić information content (AvgIpc) is 2.41. The van der Waals surface area contributed by atoms with Crippen LogP contribution in [0.15, 0.2) is 12.1 Å². The Bertz CT molecular complexity index is 406. The van der Waals surface area contributed by atoms with E-state index in [-0.39, 0.29) is 17.1 Å². The Hall–Kier alpha value is -1.36. The second-order valence-electron chi connectivity index (χ2n) is 4.82. The molecule has 1 saturated heterocycles. The van der Waals surface area contributed by atoms with Crippen LogP contribution < -0.4 is 5.32 Å². The molecular formula is C13H19FN2O2. The zero-order valence-electron chi connectivity index (χ0n) is 10.6. The first kappa shape index (κ1) is 13.1. The van der Waals surface area contributed by atoms with Crippen molar-refractivity contribution in [1.29, 1.82) is 0 Å². The molecule has 1 aliphatic heterocycles. The number of nitrogens with one attached hydrogen (secondary N) is 1. The molecule has 0 atom stereocenters. The Morgan fingerprint density at radius 1 is 1.44 bits per heavy atom. The molecule has 4 nitrogen and oxygen atoms in total. The predicted octanol–water partition coefficient (Wildman–Crippen LogP) is 2.55. The first-order valence-corrected chi connectivity index (χ1v) is 6.32. The van der Waals surface area contributed by atoms with Gasteiger partial charge in [-0.25, -0.2) is 4.39 Å². The molecule has 1 aromatic heterocycles. The molecule has 2 rings (SSSR count). The number of anilines is 1. The van der Waals surface area contributed by atoms with Crippen LogP contribution in [0.1, 0.15) is 26.2 Å². The number of aromatic hydroxyl groups is 1. The Morgan fingerprint density at radius 2 is 2.17 bits per heavy atom. The van der Waals surface area contributed by atoms with Crippen LogP contribution in [0.5, 0.6) is 5.88 Å². The van der Waals surface area contributed by atoms with E-state index in [0.717, 1.165) is 32.5 Å². The summed E-state index contributed by atoms with van der Waals surface area (Å²) in [6.07, 6.45) is 2.96. The SMILES string of the molecule is CCC1(CNc2nc(O)ccc2F)CCOCC1. The molecule has 2 N–H and O–H groups in total. The highest BCUT2D eigenvalue weighted by Crippen LogP contribution is 2.34. The van der Waals surface area contributed by atoms with E-state index in [2.05, 4.69) is 17.2 Å². The fourth-order valence-electron chi connectivity index (χ4n) is 2.29. The summed E-state index contributed by atoms with van der Waals surface area (Å²) in [4.78, 5) is 3.76. The number of halogens is 1. The van der Waals surface area contributed by atoms with Crippen LogP contribution in [-0.4, -0.2) is 29.8 Å². The third-order valence-corrected chi connectivity index (χ3v) is 3.77. The zero-order chi connectivity index (χ0) is 13.0. The van der Waals surface area contributed by atoms with Gasteiger partial charge in [-0.3, -0.25) is 0 Å². The molecule has 1 aliphatic rings. The van der Waals surface area contributed by atoms with Gasteiger partial charge < -0.3 is 15.2 Å². The summed E-state index contributed by atoms with van der Waals surface area (Å²) < 4.78 is 18.9. The summed E-state index contributed by atoms with van der Waals surface area (Å²) >= 11 is 0. The van der Waals surface area contributed by atoms with Gasteiger partial charge in [-0.1, -0.05) is 6.92 Å². The lowest BCUT2D eigenvalue weighted by molar-refractivity contribution is 0.0191. The lowest BCUT2D eigenvalue weighted by Crippen LogP contribution is -2.35. The van der Waals surface area contributed by atoms with Gasteiger partial charge in [-0.2, -0.15) is 4.98 Å². The van der Waals surface area contributed by atoms with Gasteiger partial charge in [0.05, 0.1) is 0 Å². The van der Waals surface area contributed by atoms with Gasteiger partial charge in [0.2, 0.25) is 5.88 Å². The molecule has 0 radical (unpaired) electrons. The maximum absolute atomic E-state index is 13.5. The van der Waals surface area contributed by atoms with E-state index in [9.17, 15) is 9.50 Å². The molecule has 0 saturated carbocycles. The van der Waals surface area contributed by atoms with Crippen LogP contribution in [0.25, 0.3) is 0 Å². The van der Waals surface area contributed by atoms with E-state index in [1.807, 2.05) is 0 Å². The molecule has 0 unspecified atom stereocenters. The van der Waals surface area contributed by atoms with Crippen molar-refractivity contribution >= 4 is 5.82 Å². The van der Waals surface area contributed by atoms with Crippen molar-refractivity contribution in [2.45, 2.75) is 26.2 Å². The van der Waals surface area contributed by atoms with Gasteiger partial charge in [0, 0.05) is 25.8 Å².